The maximum absolute atomic E-state index is 7.54. The summed E-state index contributed by atoms with van der Waals surface area (Å²) in [6.45, 7) is 13.6. The van der Waals surface area contributed by atoms with Crippen LogP contribution < -0.4 is 10.4 Å². The Kier molecular flexibility index (Phi) is 5.92. The zero-order chi connectivity index (χ0) is 21.4. The van der Waals surface area contributed by atoms with Crippen LogP contribution in [0.5, 0.6) is 0 Å². The lowest BCUT2D eigenvalue weighted by Gasteiger charge is -2.45. The third-order valence-electron chi connectivity index (χ3n) is 7.47. The van der Waals surface area contributed by atoms with Crippen LogP contribution in [0.2, 0.25) is 5.04 Å². The third-order valence-corrected chi connectivity index (χ3v) is 12.5. The van der Waals surface area contributed by atoms with Crippen molar-refractivity contribution in [3.63, 3.8) is 0 Å². The van der Waals surface area contributed by atoms with E-state index in [0.717, 1.165) is 12.8 Å². The molecule has 2 heteroatoms. The van der Waals surface area contributed by atoms with E-state index in [1.165, 1.54) is 10.4 Å². The zero-order valence-corrected chi connectivity index (χ0v) is 19.9. The van der Waals surface area contributed by atoms with E-state index < -0.39 is 8.32 Å². The van der Waals surface area contributed by atoms with Gasteiger partial charge in [-0.15, -0.1) is 6.58 Å². The SMILES string of the molecule is C=CC[C@@H]1[C@H]2C=C[C@H](C)[C@H]2C[C@H]1O[Si](c1ccccc1)(c1ccccc1)C(C)(C)C. The van der Waals surface area contributed by atoms with Gasteiger partial charge in [0.15, 0.2) is 0 Å². The molecular formula is C28H36OSi. The Morgan fingerprint density at radius 3 is 2.03 bits per heavy atom. The van der Waals surface area contributed by atoms with Crippen molar-refractivity contribution >= 4 is 18.7 Å². The molecule has 0 aliphatic heterocycles. The molecule has 0 heterocycles. The summed E-state index contributed by atoms with van der Waals surface area (Å²) in [5.41, 5.74) is 0. The molecule has 2 aliphatic rings. The fourth-order valence-corrected chi connectivity index (χ4v) is 10.8. The van der Waals surface area contributed by atoms with E-state index in [2.05, 4.69) is 113 Å². The van der Waals surface area contributed by atoms with Gasteiger partial charge in [-0.2, -0.15) is 0 Å². The van der Waals surface area contributed by atoms with Gasteiger partial charge in [0.1, 0.15) is 0 Å². The van der Waals surface area contributed by atoms with Crippen molar-refractivity contribution in [1.29, 1.82) is 0 Å². The molecule has 0 amide bonds. The summed E-state index contributed by atoms with van der Waals surface area (Å²) < 4.78 is 7.54. The minimum atomic E-state index is -2.51. The van der Waals surface area contributed by atoms with Crippen LogP contribution in [0, 0.1) is 23.7 Å². The first kappa shape index (κ1) is 21.3. The van der Waals surface area contributed by atoms with Crippen molar-refractivity contribution in [1.82, 2.24) is 0 Å². The van der Waals surface area contributed by atoms with E-state index in [9.17, 15) is 0 Å². The van der Waals surface area contributed by atoms with Crippen LogP contribution in [0.15, 0.2) is 85.5 Å². The highest BCUT2D eigenvalue weighted by Gasteiger charge is 2.55. The monoisotopic (exact) mass is 416 g/mol. The molecule has 1 fully saturated rings. The van der Waals surface area contributed by atoms with Gasteiger partial charge < -0.3 is 4.43 Å². The Morgan fingerprint density at radius 1 is 0.967 bits per heavy atom. The van der Waals surface area contributed by atoms with Crippen LogP contribution in [0.3, 0.4) is 0 Å². The van der Waals surface area contributed by atoms with Crippen LogP contribution in [0.1, 0.15) is 40.5 Å². The maximum Gasteiger partial charge on any atom is 0.261 e. The number of hydrogen-bond donors (Lipinski definition) is 0. The van der Waals surface area contributed by atoms with E-state index in [0.29, 0.717) is 23.7 Å². The number of benzene rings is 2. The van der Waals surface area contributed by atoms with Gasteiger partial charge in [0.05, 0.1) is 0 Å². The van der Waals surface area contributed by atoms with Gasteiger partial charge in [0, 0.05) is 6.10 Å². The summed E-state index contributed by atoms with van der Waals surface area (Å²) in [6, 6.07) is 22.1. The van der Waals surface area contributed by atoms with E-state index >= 15 is 0 Å². The van der Waals surface area contributed by atoms with E-state index in [4.69, 9.17) is 4.43 Å². The molecule has 2 aromatic carbocycles. The molecule has 0 spiro atoms. The third kappa shape index (κ3) is 3.54. The van der Waals surface area contributed by atoms with Gasteiger partial charge in [-0.3, -0.25) is 0 Å². The second-order valence-electron chi connectivity index (χ2n) is 10.2. The lowest BCUT2D eigenvalue weighted by atomic mass is 9.87. The van der Waals surface area contributed by atoms with Crippen molar-refractivity contribution in [3.8, 4) is 0 Å². The Hall–Kier alpha value is -1.90. The van der Waals surface area contributed by atoms with E-state index in [-0.39, 0.29) is 11.1 Å². The molecule has 4 rings (SSSR count). The summed E-state index contributed by atoms with van der Waals surface area (Å²) in [4.78, 5) is 0. The van der Waals surface area contributed by atoms with Crippen molar-refractivity contribution in [3.05, 3.63) is 85.5 Å². The molecule has 5 atom stereocenters. The topological polar surface area (TPSA) is 9.23 Å². The molecule has 0 aromatic heterocycles. The maximum atomic E-state index is 7.54. The summed E-state index contributed by atoms with van der Waals surface area (Å²) in [5, 5.41) is 2.77. The highest BCUT2D eigenvalue weighted by atomic mass is 28.4. The number of fused-ring (bicyclic) bond motifs is 1. The fourth-order valence-electron chi connectivity index (χ4n) is 6.02. The summed E-state index contributed by atoms with van der Waals surface area (Å²) in [7, 11) is -2.51. The van der Waals surface area contributed by atoms with Gasteiger partial charge in [-0.1, -0.05) is 107 Å². The average molecular weight is 417 g/mol. The summed E-state index contributed by atoms with van der Waals surface area (Å²) in [5.74, 6) is 2.50. The fraction of sp³-hybridized carbons (Fsp3) is 0.429. The first-order valence-corrected chi connectivity index (χ1v) is 13.4. The predicted octanol–water partition coefficient (Wildman–Crippen LogP) is 5.97. The highest BCUT2D eigenvalue weighted by molar-refractivity contribution is 6.99. The molecule has 0 radical (unpaired) electrons. The smallest absolute Gasteiger partial charge is 0.261 e. The molecule has 2 aliphatic carbocycles. The quantitative estimate of drug-likeness (QED) is 0.417. The Morgan fingerprint density at radius 2 is 1.53 bits per heavy atom. The Bertz CT molecular complexity index is 840. The summed E-state index contributed by atoms with van der Waals surface area (Å²) >= 11 is 0. The molecule has 0 saturated heterocycles. The van der Waals surface area contributed by atoms with Gasteiger partial charge in [-0.25, -0.2) is 0 Å². The molecular weight excluding hydrogens is 380 g/mol. The average Bonchev–Trinajstić information content (AvgIpc) is 3.26. The largest absolute Gasteiger partial charge is 0.404 e. The van der Waals surface area contributed by atoms with Crippen LogP contribution in [0.4, 0.5) is 0 Å². The molecule has 30 heavy (non-hydrogen) atoms. The molecule has 158 valence electrons. The number of rotatable bonds is 6. The number of hydrogen-bond acceptors (Lipinski definition) is 1. The van der Waals surface area contributed by atoms with E-state index in [1.54, 1.807) is 0 Å². The molecule has 0 bridgehead atoms. The number of allylic oxidation sites excluding steroid dienone is 3. The van der Waals surface area contributed by atoms with Crippen molar-refractivity contribution in [2.45, 2.75) is 51.7 Å². The lowest BCUT2D eigenvalue weighted by molar-refractivity contribution is 0.138. The van der Waals surface area contributed by atoms with Crippen LogP contribution >= 0.6 is 0 Å². The van der Waals surface area contributed by atoms with Gasteiger partial charge in [0.2, 0.25) is 0 Å². The molecule has 0 unspecified atom stereocenters. The van der Waals surface area contributed by atoms with E-state index in [1.807, 2.05) is 0 Å². The second-order valence-corrected chi connectivity index (χ2v) is 14.5. The molecule has 0 N–H and O–H groups in total. The van der Waals surface area contributed by atoms with Crippen LogP contribution in [-0.2, 0) is 4.43 Å². The summed E-state index contributed by atoms with van der Waals surface area (Å²) in [6.07, 6.45) is 9.45. The normalized spacial score (nSPS) is 28.5. The first-order chi connectivity index (χ1) is 14.4. The molecule has 2 aromatic rings. The minimum absolute atomic E-state index is 0.0214. The predicted molar refractivity (Wildman–Crippen MR) is 131 cm³/mol. The van der Waals surface area contributed by atoms with Crippen molar-refractivity contribution in [2.24, 2.45) is 23.7 Å². The van der Waals surface area contributed by atoms with Crippen LogP contribution in [-0.4, -0.2) is 14.4 Å². The Labute approximate surface area is 184 Å². The van der Waals surface area contributed by atoms with Gasteiger partial charge in [0.25, 0.3) is 8.32 Å². The van der Waals surface area contributed by atoms with Crippen LogP contribution in [0.25, 0.3) is 0 Å². The molecule has 1 saturated carbocycles. The minimum Gasteiger partial charge on any atom is -0.404 e. The zero-order valence-electron chi connectivity index (χ0n) is 18.9. The Balaban J connectivity index is 1.83. The molecule has 1 nitrogen and oxygen atoms in total. The lowest BCUT2D eigenvalue weighted by Crippen LogP contribution is -2.68. The standard InChI is InChI=1S/C28H36OSi/c1-6-13-25-24-19-18-21(2)26(24)20-27(25)29-30(28(3,4)5,22-14-9-7-10-15-22)23-16-11-8-12-17-23/h6-12,14-19,21,24-27H,1,13,20H2,2-5H3/t21-,24+,25+,26+,27+/m0/s1. The van der Waals surface area contributed by atoms with Crippen molar-refractivity contribution < 1.29 is 4.43 Å². The second kappa shape index (κ2) is 8.32. The first-order valence-electron chi connectivity index (χ1n) is 11.5. The van der Waals surface area contributed by atoms with Crippen molar-refractivity contribution in [2.75, 3.05) is 0 Å². The van der Waals surface area contributed by atoms with Gasteiger partial charge >= 0.3 is 0 Å². The van der Waals surface area contributed by atoms with Gasteiger partial charge in [-0.05, 0) is 51.9 Å². The highest BCUT2D eigenvalue weighted by Crippen LogP contribution is 2.51.